The van der Waals surface area contributed by atoms with Gasteiger partial charge in [0.05, 0.1) is 5.56 Å². The van der Waals surface area contributed by atoms with Crippen LogP contribution in [-0.4, -0.2) is 63.3 Å². The molecule has 2 aromatic heterocycles. The van der Waals surface area contributed by atoms with Crippen LogP contribution in [0.3, 0.4) is 0 Å². The first-order valence-corrected chi connectivity index (χ1v) is 14.1. The van der Waals surface area contributed by atoms with Crippen LogP contribution in [0.5, 0.6) is 0 Å². The van der Waals surface area contributed by atoms with Crippen LogP contribution >= 0.6 is 0 Å². The van der Waals surface area contributed by atoms with Gasteiger partial charge in [-0.1, -0.05) is 31.9 Å². The summed E-state index contributed by atoms with van der Waals surface area (Å²) in [7, 11) is 2.00. The topological polar surface area (TPSA) is 91.8 Å². The van der Waals surface area contributed by atoms with E-state index < -0.39 is 17.6 Å². The molecule has 8 nitrogen and oxygen atoms in total. The van der Waals surface area contributed by atoms with E-state index in [4.69, 9.17) is 5.73 Å². The molecule has 4 aromatic rings. The second-order valence-electron chi connectivity index (χ2n) is 11.2. The highest BCUT2D eigenvalue weighted by molar-refractivity contribution is 6.04. The van der Waals surface area contributed by atoms with Gasteiger partial charge >= 0.3 is 6.18 Å². The number of amides is 1. The van der Waals surface area contributed by atoms with Gasteiger partial charge in [-0.2, -0.15) is 13.2 Å². The Morgan fingerprint density at radius 3 is 2.53 bits per heavy atom. The maximum absolute atomic E-state index is 14.0. The molecule has 0 spiro atoms. The lowest BCUT2D eigenvalue weighted by Crippen LogP contribution is -2.44. The Kier molecular flexibility index (Phi) is 8.44. The van der Waals surface area contributed by atoms with Crippen molar-refractivity contribution in [2.24, 2.45) is 0 Å². The number of carbonyl (C=O) groups excluding carboxylic acids is 1. The summed E-state index contributed by atoms with van der Waals surface area (Å²) >= 11 is 0. The highest BCUT2D eigenvalue weighted by Gasteiger charge is 2.34. The fourth-order valence-corrected chi connectivity index (χ4v) is 5.11. The average Bonchev–Trinajstić information content (AvgIpc) is 3.34. The van der Waals surface area contributed by atoms with Gasteiger partial charge < -0.3 is 16.0 Å². The molecule has 1 aliphatic heterocycles. The van der Waals surface area contributed by atoms with Crippen LogP contribution in [0.4, 0.5) is 24.7 Å². The Bertz CT molecular complexity index is 1720. The summed E-state index contributed by atoms with van der Waals surface area (Å²) in [6.45, 7) is 9.12. The van der Waals surface area contributed by atoms with Gasteiger partial charge in [0.15, 0.2) is 5.82 Å². The number of nitrogen functional groups attached to an aromatic ring is 1. The smallest absolute Gasteiger partial charge is 0.382 e. The number of anilines is 2. The molecular weight excluding hydrogens is 555 g/mol. The number of carbonyl (C=O) groups is 1. The van der Waals surface area contributed by atoms with Crippen LogP contribution in [0.15, 0.2) is 48.8 Å². The molecule has 0 radical (unpaired) electrons. The van der Waals surface area contributed by atoms with Crippen molar-refractivity contribution in [2.75, 3.05) is 44.3 Å². The minimum Gasteiger partial charge on any atom is -0.382 e. The standard InChI is InChI=1S/C32H34F3N7O/c1-20(2)30-39-27(28-29(36)37-11-12-42(28)30)10-8-22-17-23(6-5-21(22)3)31(43)38-25-9-7-24(26(18-25)32(33,34)35)19-41-15-13-40(4)14-16-41/h5-7,9,11-12,17-18,20H,13-16,19H2,1-4H3,(H2,36,37)(H,38,43). The second kappa shape index (κ2) is 12.1. The van der Waals surface area contributed by atoms with Crippen molar-refractivity contribution in [1.29, 1.82) is 0 Å². The average molecular weight is 590 g/mol. The highest BCUT2D eigenvalue weighted by atomic mass is 19.4. The monoisotopic (exact) mass is 589 g/mol. The van der Waals surface area contributed by atoms with Gasteiger partial charge in [0, 0.05) is 67.8 Å². The number of nitrogens with zero attached hydrogens (tertiary/aromatic N) is 5. The number of imidazole rings is 1. The van der Waals surface area contributed by atoms with Gasteiger partial charge in [0.2, 0.25) is 0 Å². The van der Waals surface area contributed by atoms with Gasteiger partial charge in [0.1, 0.15) is 17.0 Å². The molecule has 5 rings (SSSR count). The number of benzene rings is 2. The third kappa shape index (κ3) is 6.66. The van der Waals surface area contributed by atoms with E-state index in [2.05, 4.69) is 32.0 Å². The number of nitrogens with two attached hydrogens (primary N) is 1. The van der Waals surface area contributed by atoms with E-state index in [9.17, 15) is 18.0 Å². The van der Waals surface area contributed by atoms with Crippen molar-refractivity contribution in [3.8, 4) is 11.8 Å². The summed E-state index contributed by atoms with van der Waals surface area (Å²) in [6, 6.07) is 8.96. The van der Waals surface area contributed by atoms with Crippen molar-refractivity contribution in [2.45, 2.75) is 39.4 Å². The largest absolute Gasteiger partial charge is 0.416 e. The Labute approximate surface area is 248 Å². The first-order chi connectivity index (χ1) is 20.4. The number of fused-ring (bicyclic) bond motifs is 1. The fourth-order valence-electron chi connectivity index (χ4n) is 5.11. The summed E-state index contributed by atoms with van der Waals surface area (Å²) in [5.41, 5.74) is 8.41. The Hall–Kier alpha value is -4.40. The van der Waals surface area contributed by atoms with E-state index in [1.807, 2.05) is 37.1 Å². The maximum atomic E-state index is 14.0. The minimum atomic E-state index is -4.55. The molecule has 3 N–H and O–H groups in total. The lowest BCUT2D eigenvalue weighted by molar-refractivity contribution is -0.138. The van der Waals surface area contributed by atoms with E-state index in [0.29, 0.717) is 35.7 Å². The Morgan fingerprint density at radius 1 is 1.09 bits per heavy atom. The molecule has 1 amide bonds. The zero-order valence-electron chi connectivity index (χ0n) is 24.6. The van der Waals surface area contributed by atoms with Gasteiger partial charge in [0.25, 0.3) is 5.91 Å². The fraction of sp³-hybridized carbons (Fsp3) is 0.344. The molecule has 0 bridgehead atoms. The lowest BCUT2D eigenvalue weighted by atomic mass is 10.0. The molecule has 0 atom stereocenters. The number of rotatable bonds is 5. The highest BCUT2D eigenvalue weighted by Crippen LogP contribution is 2.35. The number of halogens is 3. The van der Waals surface area contributed by atoms with Crippen molar-refractivity contribution < 1.29 is 18.0 Å². The van der Waals surface area contributed by atoms with E-state index >= 15 is 0 Å². The number of nitrogens with one attached hydrogen (secondary N) is 1. The zero-order chi connectivity index (χ0) is 30.9. The number of hydrogen-bond donors (Lipinski definition) is 2. The van der Waals surface area contributed by atoms with Crippen molar-refractivity contribution in [1.82, 2.24) is 24.2 Å². The Morgan fingerprint density at radius 2 is 1.84 bits per heavy atom. The predicted octanol–water partition coefficient (Wildman–Crippen LogP) is 5.16. The molecular formula is C32H34F3N7O. The van der Waals surface area contributed by atoms with E-state index in [1.165, 1.54) is 12.1 Å². The van der Waals surface area contributed by atoms with E-state index in [-0.39, 0.29) is 29.3 Å². The molecule has 3 heterocycles. The summed E-state index contributed by atoms with van der Waals surface area (Å²) in [5, 5.41) is 2.63. The maximum Gasteiger partial charge on any atom is 0.416 e. The van der Waals surface area contributed by atoms with Crippen molar-refractivity contribution in [3.63, 3.8) is 0 Å². The molecule has 224 valence electrons. The minimum absolute atomic E-state index is 0.0707. The van der Waals surface area contributed by atoms with Crippen LogP contribution in [0.1, 0.15) is 63.9 Å². The summed E-state index contributed by atoms with van der Waals surface area (Å²) in [5.74, 6) is 6.86. The van der Waals surface area contributed by atoms with Gasteiger partial charge in [-0.3, -0.25) is 14.1 Å². The molecule has 0 unspecified atom stereocenters. The molecule has 1 fully saturated rings. The molecule has 0 aliphatic carbocycles. The van der Waals surface area contributed by atoms with Crippen molar-refractivity contribution >= 4 is 22.9 Å². The van der Waals surface area contributed by atoms with Gasteiger partial charge in [-0.25, -0.2) is 9.97 Å². The molecule has 1 saturated heterocycles. The molecule has 1 aliphatic rings. The second-order valence-corrected chi connectivity index (χ2v) is 11.2. The van der Waals surface area contributed by atoms with Crippen LogP contribution in [0.25, 0.3) is 5.52 Å². The van der Waals surface area contributed by atoms with Gasteiger partial charge in [-0.15, -0.1) is 0 Å². The predicted molar refractivity (Wildman–Crippen MR) is 161 cm³/mol. The first kappa shape index (κ1) is 30.1. The Balaban J connectivity index is 1.39. The summed E-state index contributed by atoms with van der Waals surface area (Å²) in [6.07, 6.45) is -1.16. The van der Waals surface area contributed by atoms with E-state index in [0.717, 1.165) is 30.5 Å². The van der Waals surface area contributed by atoms with Crippen LogP contribution in [0.2, 0.25) is 0 Å². The SMILES string of the molecule is Cc1ccc(C(=O)Nc2ccc(CN3CCN(C)CC3)c(C(F)(F)F)c2)cc1C#Cc1nc(C(C)C)n2ccnc(N)c12. The number of piperazine rings is 1. The third-order valence-corrected chi connectivity index (χ3v) is 7.61. The molecule has 0 saturated carbocycles. The van der Waals surface area contributed by atoms with Crippen LogP contribution in [-0.2, 0) is 12.7 Å². The number of hydrogen-bond acceptors (Lipinski definition) is 6. The first-order valence-electron chi connectivity index (χ1n) is 14.1. The summed E-state index contributed by atoms with van der Waals surface area (Å²) < 4.78 is 43.9. The van der Waals surface area contributed by atoms with Crippen LogP contribution in [0, 0.1) is 18.8 Å². The number of aryl methyl sites for hydroxylation is 1. The quantitative estimate of drug-likeness (QED) is 0.313. The van der Waals surface area contributed by atoms with Crippen LogP contribution < -0.4 is 11.1 Å². The molecule has 11 heteroatoms. The van der Waals surface area contributed by atoms with Crippen molar-refractivity contribution in [3.05, 3.63) is 88.1 Å². The number of likely N-dealkylation sites (N-methyl/N-ethyl adjacent to an activating group) is 1. The molecule has 2 aromatic carbocycles. The summed E-state index contributed by atoms with van der Waals surface area (Å²) in [4.78, 5) is 26.2. The zero-order valence-corrected chi connectivity index (χ0v) is 24.6. The van der Waals surface area contributed by atoms with E-state index in [1.54, 1.807) is 30.6 Å². The lowest BCUT2D eigenvalue weighted by Gasteiger charge is -2.33. The third-order valence-electron chi connectivity index (χ3n) is 7.61. The van der Waals surface area contributed by atoms with Gasteiger partial charge in [-0.05, 0) is 55.3 Å². The molecule has 43 heavy (non-hydrogen) atoms. The number of aromatic nitrogens is 3. The number of alkyl halides is 3. The normalized spacial score (nSPS) is 14.6.